The topological polar surface area (TPSA) is 125 Å². The van der Waals surface area contributed by atoms with Crippen molar-refractivity contribution in [2.45, 2.75) is 68.5 Å². The summed E-state index contributed by atoms with van der Waals surface area (Å²) in [5, 5.41) is 10.9. The second-order valence-electron chi connectivity index (χ2n) is 9.74. The quantitative estimate of drug-likeness (QED) is 0.510. The molecule has 186 valence electrons. The first-order chi connectivity index (χ1) is 17.0. The summed E-state index contributed by atoms with van der Waals surface area (Å²) in [6.45, 7) is 1.75. The van der Waals surface area contributed by atoms with E-state index in [0.29, 0.717) is 43.6 Å². The van der Waals surface area contributed by atoms with E-state index >= 15 is 0 Å². The summed E-state index contributed by atoms with van der Waals surface area (Å²) in [5.74, 6) is 3.53. The molecule has 0 aromatic carbocycles. The molecule has 2 N–H and O–H groups in total. The van der Waals surface area contributed by atoms with Crippen LogP contribution in [0.5, 0.6) is 0 Å². The van der Waals surface area contributed by atoms with E-state index in [1.807, 2.05) is 28.6 Å². The van der Waals surface area contributed by atoms with Gasteiger partial charge in [0.2, 0.25) is 5.95 Å². The molecule has 6 rings (SSSR count). The number of rotatable bonds is 7. The highest BCUT2D eigenvalue weighted by Crippen LogP contribution is 2.39. The molecule has 35 heavy (non-hydrogen) atoms. The van der Waals surface area contributed by atoms with Gasteiger partial charge >= 0.3 is 0 Å². The lowest BCUT2D eigenvalue weighted by Gasteiger charge is -2.35. The zero-order valence-corrected chi connectivity index (χ0v) is 20.7. The molecular formula is C23H31N9O2S. The maximum atomic E-state index is 13.2. The third-order valence-electron chi connectivity index (χ3n) is 7.29. The molecule has 0 atom stereocenters. The van der Waals surface area contributed by atoms with Crippen molar-refractivity contribution >= 4 is 27.6 Å². The lowest BCUT2D eigenvalue weighted by Crippen LogP contribution is -2.46. The van der Waals surface area contributed by atoms with Crippen LogP contribution in [-0.4, -0.2) is 68.6 Å². The number of imidazole rings is 1. The average Bonchev–Trinajstić information content (AvgIpc) is 3.46. The maximum Gasteiger partial charge on any atom is 0.262 e. The van der Waals surface area contributed by atoms with E-state index in [1.165, 1.54) is 12.8 Å². The largest absolute Gasteiger partial charge is 0.341 e. The Morgan fingerprint density at radius 3 is 2.69 bits per heavy atom. The summed E-state index contributed by atoms with van der Waals surface area (Å²) in [6.07, 6.45) is 10.3. The molecule has 2 fully saturated rings. The smallest absolute Gasteiger partial charge is 0.262 e. The van der Waals surface area contributed by atoms with E-state index < -0.39 is 10.0 Å². The fourth-order valence-electron chi connectivity index (χ4n) is 5.00. The zero-order valence-electron chi connectivity index (χ0n) is 19.9. The highest BCUT2D eigenvalue weighted by Gasteiger charge is 2.34. The fraction of sp³-hybridized carbons (Fsp3) is 0.565. The Kier molecular flexibility index (Phi) is 5.72. The molecule has 1 saturated carbocycles. The van der Waals surface area contributed by atoms with Crippen molar-refractivity contribution in [3.8, 4) is 0 Å². The number of hydrogen-bond acceptors (Lipinski definition) is 8. The Labute approximate surface area is 205 Å². The lowest BCUT2D eigenvalue weighted by molar-refractivity contribution is 0.313. The van der Waals surface area contributed by atoms with Crippen molar-refractivity contribution in [1.82, 2.24) is 34.0 Å². The molecule has 0 unspecified atom stereocenters. The number of hydrogen-bond donors (Lipinski definition) is 2. The van der Waals surface area contributed by atoms with Crippen LogP contribution in [0.3, 0.4) is 0 Å². The number of sulfonamides is 1. The third-order valence-corrected chi connectivity index (χ3v) is 9.06. The molecule has 0 radical (unpaired) electrons. The van der Waals surface area contributed by atoms with E-state index in [4.69, 9.17) is 0 Å². The highest BCUT2D eigenvalue weighted by molar-refractivity contribution is 7.89. The molecule has 3 aromatic heterocycles. The summed E-state index contributed by atoms with van der Waals surface area (Å²) in [6, 6.07) is 4.01. The Morgan fingerprint density at radius 1 is 1.09 bits per heavy atom. The standard InChI is InChI=1S/C23H31N9O2S/c1-30(23-24-10-7-19(26-23)25-20-14-18(28-29-20)16-5-6-16)17-8-12-32(13-9-17)35(33,34)22-15-31-11-3-2-4-21(31)27-22/h7,10,14-17H,2-6,8-9,11-13H2,1H3,(H2,24,25,26,28,29). The number of aromatic nitrogens is 6. The van der Waals surface area contributed by atoms with Gasteiger partial charge in [0, 0.05) is 69.2 Å². The van der Waals surface area contributed by atoms with Crippen LogP contribution in [-0.2, 0) is 23.0 Å². The summed E-state index contributed by atoms with van der Waals surface area (Å²) in [5.41, 5.74) is 1.16. The number of anilines is 3. The van der Waals surface area contributed by atoms with Crippen LogP contribution >= 0.6 is 0 Å². The van der Waals surface area contributed by atoms with E-state index in [-0.39, 0.29) is 11.1 Å². The van der Waals surface area contributed by atoms with E-state index in [1.54, 1.807) is 16.7 Å². The van der Waals surface area contributed by atoms with Gasteiger partial charge in [-0.2, -0.15) is 14.4 Å². The molecule has 3 aliphatic rings. The lowest BCUT2D eigenvalue weighted by atomic mass is 10.1. The van der Waals surface area contributed by atoms with E-state index in [9.17, 15) is 8.42 Å². The van der Waals surface area contributed by atoms with Gasteiger partial charge < -0.3 is 14.8 Å². The SMILES string of the molecule is CN(c1nccc(Nc2cc(C3CC3)[nH]n2)n1)C1CCN(S(=O)(=O)c2cn3c(n2)CCCC3)CC1. The summed E-state index contributed by atoms with van der Waals surface area (Å²) < 4.78 is 30.0. The van der Waals surface area contributed by atoms with Crippen LogP contribution in [0.4, 0.5) is 17.6 Å². The molecule has 1 aliphatic carbocycles. The molecule has 0 bridgehead atoms. The number of aromatic amines is 1. The Bertz CT molecular complexity index is 1280. The molecular weight excluding hydrogens is 466 g/mol. The van der Waals surface area contributed by atoms with Crippen LogP contribution in [0.15, 0.2) is 29.6 Å². The number of aryl methyl sites for hydroxylation is 2. The molecule has 1 saturated heterocycles. The second-order valence-corrected chi connectivity index (χ2v) is 11.6. The molecule has 11 nitrogen and oxygen atoms in total. The summed E-state index contributed by atoms with van der Waals surface area (Å²) in [7, 11) is -1.61. The van der Waals surface area contributed by atoms with Gasteiger partial charge in [0.25, 0.3) is 10.0 Å². The molecule has 12 heteroatoms. The van der Waals surface area contributed by atoms with Crippen LogP contribution in [0, 0.1) is 0 Å². The average molecular weight is 498 g/mol. The fourth-order valence-corrected chi connectivity index (χ4v) is 6.44. The van der Waals surface area contributed by atoms with Crippen molar-refractivity contribution in [1.29, 1.82) is 0 Å². The normalized spacial score (nSPS) is 19.5. The minimum Gasteiger partial charge on any atom is -0.341 e. The van der Waals surface area contributed by atoms with Crippen molar-refractivity contribution in [3.05, 3.63) is 36.0 Å². The Balaban J connectivity index is 1.09. The molecule has 2 aliphatic heterocycles. The van der Waals surface area contributed by atoms with Gasteiger partial charge in [-0.15, -0.1) is 0 Å². The number of piperidine rings is 1. The monoisotopic (exact) mass is 497 g/mol. The molecule has 5 heterocycles. The van der Waals surface area contributed by atoms with Gasteiger partial charge in [-0.05, 0) is 44.6 Å². The first kappa shape index (κ1) is 22.5. The van der Waals surface area contributed by atoms with Crippen molar-refractivity contribution < 1.29 is 8.42 Å². The van der Waals surface area contributed by atoms with Crippen LogP contribution in [0.1, 0.15) is 56.0 Å². The van der Waals surface area contributed by atoms with Crippen molar-refractivity contribution in [2.75, 3.05) is 30.4 Å². The van der Waals surface area contributed by atoms with Crippen LogP contribution in [0.25, 0.3) is 0 Å². The summed E-state index contributed by atoms with van der Waals surface area (Å²) >= 11 is 0. The minimum absolute atomic E-state index is 0.152. The van der Waals surface area contributed by atoms with Crippen LogP contribution < -0.4 is 10.2 Å². The molecule has 0 spiro atoms. The van der Waals surface area contributed by atoms with Gasteiger partial charge in [0.05, 0.1) is 0 Å². The van der Waals surface area contributed by atoms with E-state index in [2.05, 4.69) is 30.5 Å². The number of fused-ring (bicyclic) bond motifs is 1. The number of nitrogens with one attached hydrogen (secondary N) is 2. The first-order valence-electron chi connectivity index (χ1n) is 12.4. The van der Waals surface area contributed by atoms with Gasteiger partial charge in [-0.25, -0.2) is 18.4 Å². The maximum absolute atomic E-state index is 13.2. The van der Waals surface area contributed by atoms with Crippen molar-refractivity contribution in [3.63, 3.8) is 0 Å². The summed E-state index contributed by atoms with van der Waals surface area (Å²) in [4.78, 5) is 15.6. The van der Waals surface area contributed by atoms with Crippen molar-refractivity contribution in [2.24, 2.45) is 0 Å². The number of nitrogens with zero attached hydrogens (tertiary/aromatic N) is 7. The van der Waals surface area contributed by atoms with Gasteiger partial charge in [-0.3, -0.25) is 5.10 Å². The van der Waals surface area contributed by atoms with Crippen LogP contribution in [0.2, 0.25) is 0 Å². The van der Waals surface area contributed by atoms with E-state index in [0.717, 1.165) is 43.1 Å². The van der Waals surface area contributed by atoms with Gasteiger partial charge in [-0.1, -0.05) is 0 Å². The highest BCUT2D eigenvalue weighted by atomic mass is 32.2. The predicted octanol–water partition coefficient (Wildman–Crippen LogP) is 2.64. The predicted molar refractivity (Wildman–Crippen MR) is 131 cm³/mol. The Hall–Kier alpha value is -2.99. The van der Waals surface area contributed by atoms with Gasteiger partial charge in [0.1, 0.15) is 11.6 Å². The zero-order chi connectivity index (χ0) is 24.0. The first-order valence-corrected chi connectivity index (χ1v) is 13.9. The minimum atomic E-state index is -3.58. The molecule has 3 aromatic rings. The third kappa shape index (κ3) is 4.52. The Morgan fingerprint density at radius 2 is 1.91 bits per heavy atom. The van der Waals surface area contributed by atoms with Gasteiger partial charge in [0.15, 0.2) is 10.8 Å². The second kappa shape index (κ2) is 8.90. The number of H-pyrrole nitrogens is 1. The molecule has 0 amide bonds.